The molecule has 0 saturated carbocycles. The van der Waals surface area contributed by atoms with Crippen LogP contribution < -0.4 is 0 Å². The van der Waals surface area contributed by atoms with Crippen LogP contribution in [-0.4, -0.2) is 10.2 Å². The molecule has 2 nitrogen and oxygen atoms in total. The SMILES string of the molecule is CCc1ccccc1-c1nnc(-c2ccccc2CC)s1. The zero-order valence-electron chi connectivity index (χ0n) is 12.3. The zero-order chi connectivity index (χ0) is 14.7. The Kier molecular flexibility index (Phi) is 4.11. The van der Waals surface area contributed by atoms with Gasteiger partial charge in [0.05, 0.1) is 0 Å². The Labute approximate surface area is 129 Å². The maximum Gasteiger partial charge on any atom is 0.148 e. The van der Waals surface area contributed by atoms with E-state index < -0.39 is 0 Å². The molecule has 3 rings (SSSR count). The van der Waals surface area contributed by atoms with Crippen LogP contribution in [-0.2, 0) is 12.8 Å². The number of benzene rings is 2. The topological polar surface area (TPSA) is 25.8 Å². The molecular formula is C18H18N2S. The summed E-state index contributed by atoms with van der Waals surface area (Å²) in [5, 5.41) is 10.8. The van der Waals surface area contributed by atoms with Crippen LogP contribution in [0.15, 0.2) is 48.5 Å². The largest absolute Gasteiger partial charge is 0.148 e. The maximum absolute atomic E-state index is 4.42. The molecule has 0 N–H and O–H groups in total. The monoisotopic (exact) mass is 294 g/mol. The van der Waals surface area contributed by atoms with Crippen molar-refractivity contribution in [2.75, 3.05) is 0 Å². The highest BCUT2D eigenvalue weighted by molar-refractivity contribution is 7.18. The van der Waals surface area contributed by atoms with Crippen LogP contribution in [0.1, 0.15) is 25.0 Å². The van der Waals surface area contributed by atoms with Gasteiger partial charge in [-0.05, 0) is 24.0 Å². The zero-order valence-corrected chi connectivity index (χ0v) is 13.2. The third-order valence-corrected chi connectivity index (χ3v) is 4.67. The lowest BCUT2D eigenvalue weighted by atomic mass is 10.1. The average molecular weight is 294 g/mol. The number of hydrogen-bond donors (Lipinski definition) is 0. The first-order valence-electron chi connectivity index (χ1n) is 7.33. The fourth-order valence-electron chi connectivity index (χ4n) is 2.52. The van der Waals surface area contributed by atoms with E-state index in [0.29, 0.717) is 0 Å². The summed E-state index contributed by atoms with van der Waals surface area (Å²) in [6.45, 7) is 4.35. The van der Waals surface area contributed by atoms with Gasteiger partial charge < -0.3 is 0 Å². The quantitative estimate of drug-likeness (QED) is 0.677. The third kappa shape index (κ3) is 2.74. The van der Waals surface area contributed by atoms with Crippen molar-refractivity contribution in [3.63, 3.8) is 0 Å². The van der Waals surface area contributed by atoms with Crippen LogP contribution in [0, 0.1) is 0 Å². The fourth-order valence-corrected chi connectivity index (χ4v) is 3.48. The van der Waals surface area contributed by atoms with E-state index in [0.717, 1.165) is 22.9 Å². The Morgan fingerprint density at radius 2 is 1.14 bits per heavy atom. The molecule has 0 aliphatic heterocycles. The molecule has 0 bridgehead atoms. The molecule has 106 valence electrons. The summed E-state index contributed by atoms with van der Waals surface area (Å²) in [6.07, 6.45) is 2.02. The van der Waals surface area contributed by atoms with Crippen molar-refractivity contribution in [1.82, 2.24) is 10.2 Å². The summed E-state index contributed by atoms with van der Waals surface area (Å²) in [4.78, 5) is 0. The second-order valence-corrected chi connectivity index (χ2v) is 5.91. The first-order chi connectivity index (χ1) is 10.3. The molecule has 0 aliphatic carbocycles. The first kappa shape index (κ1) is 14.0. The molecule has 0 radical (unpaired) electrons. The van der Waals surface area contributed by atoms with E-state index in [1.807, 2.05) is 0 Å². The van der Waals surface area contributed by atoms with E-state index in [-0.39, 0.29) is 0 Å². The summed E-state index contributed by atoms with van der Waals surface area (Å²) in [7, 11) is 0. The van der Waals surface area contributed by atoms with Gasteiger partial charge in [-0.25, -0.2) is 0 Å². The smallest absolute Gasteiger partial charge is 0.138 e. The molecule has 3 heteroatoms. The normalized spacial score (nSPS) is 10.8. The van der Waals surface area contributed by atoms with Crippen molar-refractivity contribution in [3.8, 4) is 21.1 Å². The van der Waals surface area contributed by atoms with Gasteiger partial charge in [0.1, 0.15) is 10.0 Å². The lowest BCUT2D eigenvalue weighted by molar-refractivity contribution is 1.08. The van der Waals surface area contributed by atoms with Gasteiger partial charge >= 0.3 is 0 Å². The molecule has 21 heavy (non-hydrogen) atoms. The molecule has 2 aromatic carbocycles. The molecule has 0 fully saturated rings. The number of rotatable bonds is 4. The predicted molar refractivity (Wildman–Crippen MR) is 89.5 cm³/mol. The van der Waals surface area contributed by atoms with Crippen LogP contribution >= 0.6 is 11.3 Å². The third-order valence-electron chi connectivity index (χ3n) is 3.68. The molecule has 0 saturated heterocycles. The molecule has 0 atom stereocenters. The van der Waals surface area contributed by atoms with E-state index in [2.05, 4.69) is 72.6 Å². The molecule has 0 amide bonds. The van der Waals surface area contributed by atoms with Crippen molar-refractivity contribution in [3.05, 3.63) is 59.7 Å². The summed E-state index contributed by atoms with van der Waals surface area (Å²) < 4.78 is 0. The number of aromatic nitrogens is 2. The molecule has 0 unspecified atom stereocenters. The van der Waals surface area contributed by atoms with E-state index in [1.54, 1.807) is 11.3 Å². The van der Waals surface area contributed by atoms with Crippen LogP contribution in [0.4, 0.5) is 0 Å². The molecule has 1 heterocycles. The van der Waals surface area contributed by atoms with E-state index in [4.69, 9.17) is 0 Å². The van der Waals surface area contributed by atoms with Gasteiger partial charge in [0.2, 0.25) is 0 Å². The van der Waals surface area contributed by atoms with Crippen LogP contribution in [0.3, 0.4) is 0 Å². The van der Waals surface area contributed by atoms with Gasteiger partial charge in [-0.15, -0.1) is 10.2 Å². The predicted octanol–water partition coefficient (Wildman–Crippen LogP) is 5.00. The van der Waals surface area contributed by atoms with Crippen molar-refractivity contribution >= 4 is 11.3 Å². The van der Waals surface area contributed by atoms with Gasteiger partial charge in [-0.3, -0.25) is 0 Å². The first-order valence-corrected chi connectivity index (χ1v) is 8.15. The van der Waals surface area contributed by atoms with Crippen LogP contribution in [0.5, 0.6) is 0 Å². The molecule has 1 aromatic heterocycles. The van der Waals surface area contributed by atoms with E-state index >= 15 is 0 Å². The Balaban J connectivity index is 2.04. The minimum Gasteiger partial charge on any atom is -0.138 e. The second kappa shape index (κ2) is 6.19. The van der Waals surface area contributed by atoms with Gasteiger partial charge in [0, 0.05) is 11.1 Å². The summed E-state index contributed by atoms with van der Waals surface area (Å²) in [6, 6.07) is 16.9. The fraction of sp³-hybridized carbons (Fsp3) is 0.222. The van der Waals surface area contributed by atoms with Gasteiger partial charge in [-0.2, -0.15) is 0 Å². The molecular weight excluding hydrogens is 276 g/mol. The Morgan fingerprint density at radius 3 is 1.57 bits per heavy atom. The van der Waals surface area contributed by atoms with E-state index in [1.165, 1.54) is 22.3 Å². The standard InChI is InChI=1S/C18H18N2S/c1-3-13-9-5-7-11-15(13)17-19-20-18(21-17)16-12-8-6-10-14(16)4-2/h5-12H,3-4H2,1-2H3. The van der Waals surface area contributed by atoms with Crippen molar-refractivity contribution in [2.24, 2.45) is 0 Å². The number of hydrogen-bond acceptors (Lipinski definition) is 3. The number of aryl methyl sites for hydroxylation is 2. The summed E-state index contributed by atoms with van der Waals surface area (Å²) in [5.74, 6) is 0. The highest BCUT2D eigenvalue weighted by Crippen LogP contribution is 2.33. The Hall–Kier alpha value is -2.00. The Morgan fingerprint density at radius 1 is 0.714 bits per heavy atom. The lowest BCUT2D eigenvalue weighted by Gasteiger charge is -2.03. The summed E-state index contributed by atoms with van der Waals surface area (Å²) in [5.41, 5.74) is 5.06. The molecule has 0 aliphatic rings. The van der Waals surface area contributed by atoms with Gasteiger partial charge in [0.25, 0.3) is 0 Å². The average Bonchev–Trinajstić information content (AvgIpc) is 3.04. The van der Waals surface area contributed by atoms with Crippen molar-refractivity contribution in [2.45, 2.75) is 26.7 Å². The highest BCUT2D eigenvalue weighted by atomic mass is 32.1. The molecule has 0 spiro atoms. The number of nitrogens with zero attached hydrogens (tertiary/aromatic N) is 2. The van der Waals surface area contributed by atoms with Crippen molar-refractivity contribution in [1.29, 1.82) is 0 Å². The summed E-state index contributed by atoms with van der Waals surface area (Å²) >= 11 is 1.68. The van der Waals surface area contributed by atoms with Crippen LogP contribution in [0.25, 0.3) is 21.1 Å². The van der Waals surface area contributed by atoms with Crippen molar-refractivity contribution < 1.29 is 0 Å². The Bertz CT molecular complexity index is 684. The lowest BCUT2D eigenvalue weighted by Crippen LogP contribution is -1.86. The molecule has 3 aromatic rings. The van der Waals surface area contributed by atoms with Gasteiger partial charge in [-0.1, -0.05) is 73.7 Å². The second-order valence-electron chi connectivity index (χ2n) is 4.93. The maximum atomic E-state index is 4.42. The minimum absolute atomic E-state index is 1.01. The van der Waals surface area contributed by atoms with Gasteiger partial charge in [0.15, 0.2) is 0 Å². The van der Waals surface area contributed by atoms with Crippen LogP contribution in [0.2, 0.25) is 0 Å². The minimum atomic E-state index is 1.01. The highest BCUT2D eigenvalue weighted by Gasteiger charge is 2.12. The van der Waals surface area contributed by atoms with E-state index in [9.17, 15) is 0 Å².